The Morgan fingerprint density at radius 1 is 1.31 bits per heavy atom. The number of likely N-dealkylation sites (N-methyl/N-ethyl adjacent to an activating group) is 1. The molecule has 0 aromatic rings. The van der Waals surface area contributed by atoms with Gasteiger partial charge in [0.05, 0.1) is 6.54 Å². The Kier molecular flexibility index (Phi) is 2.28. The topological polar surface area (TPSA) is 32.3 Å². The Bertz CT molecular complexity index is 201. The number of piperidine rings is 1. The van der Waals surface area contributed by atoms with E-state index in [4.69, 9.17) is 0 Å². The third-order valence-corrected chi connectivity index (χ3v) is 3.52. The van der Waals surface area contributed by atoms with Crippen molar-refractivity contribution in [3.8, 4) is 0 Å². The lowest BCUT2D eigenvalue weighted by Gasteiger charge is -2.31. The fraction of sp³-hybridized carbons (Fsp3) is 0.900. The molecule has 1 saturated carbocycles. The van der Waals surface area contributed by atoms with Crippen molar-refractivity contribution in [3.05, 3.63) is 0 Å². The highest BCUT2D eigenvalue weighted by Gasteiger charge is 2.44. The van der Waals surface area contributed by atoms with E-state index < -0.39 is 0 Å². The molecule has 3 heteroatoms. The number of nitrogens with zero attached hydrogens (tertiary/aromatic N) is 1. The maximum absolute atomic E-state index is 11.1. The lowest BCUT2D eigenvalue weighted by Crippen LogP contribution is -2.41. The fourth-order valence-corrected chi connectivity index (χ4v) is 2.14. The summed E-state index contributed by atoms with van der Waals surface area (Å²) < 4.78 is 0. The van der Waals surface area contributed by atoms with E-state index in [1.807, 2.05) is 0 Å². The molecule has 3 nitrogen and oxygen atoms in total. The normalized spacial score (nSPS) is 25.9. The fourth-order valence-electron chi connectivity index (χ4n) is 2.14. The molecule has 1 amide bonds. The lowest BCUT2D eigenvalue weighted by atomic mass is 9.94. The van der Waals surface area contributed by atoms with Crippen molar-refractivity contribution < 1.29 is 4.79 Å². The average molecular weight is 182 g/mol. The van der Waals surface area contributed by atoms with Gasteiger partial charge in [-0.15, -0.1) is 0 Å². The molecule has 13 heavy (non-hydrogen) atoms. The van der Waals surface area contributed by atoms with E-state index >= 15 is 0 Å². The molecule has 0 aromatic heterocycles. The van der Waals surface area contributed by atoms with Gasteiger partial charge in [-0.1, -0.05) is 0 Å². The van der Waals surface area contributed by atoms with Crippen LogP contribution in [0.3, 0.4) is 0 Å². The van der Waals surface area contributed by atoms with Gasteiger partial charge in [0, 0.05) is 7.05 Å². The molecule has 0 radical (unpaired) electrons. The molecule has 2 aliphatic rings. The van der Waals surface area contributed by atoms with Crippen molar-refractivity contribution >= 4 is 5.91 Å². The highest BCUT2D eigenvalue weighted by molar-refractivity contribution is 5.77. The molecular weight excluding hydrogens is 164 g/mol. The Balaban J connectivity index is 1.74. The third-order valence-electron chi connectivity index (χ3n) is 3.52. The average Bonchev–Trinajstić information content (AvgIpc) is 2.90. The van der Waals surface area contributed by atoms with Crippen LogP contribution in [0.2, 0.25) is 0 Å². The summed E-state index contributed by atoms with van der Waals surface area (Å²) in [6, 6.07) is 0. The van der Waals surface area contributed by atoms with E-state index in [1.165, 1.54) is 25.7 Å². The largest absolute Gasteiger partial charge is 0.358 e. The third kappa shape index (κ3) is 2.02. The molecule has 2 fully saturated rings. The molecule has 0 bridgehead atoms. The first-order chi connectivity index (χ1) is 6.24. The standard InChI is InChI=1S/C10H18N2O/c1-11-9(13)8-12-6-4-10(2-3-10)5-7-12/h2-8H2,1H3,(H,11,13). The van der Waals surface area contributed by atoms with Crippen molar-refractivity contribution in [2.24, 2.45) is 5.41 Å². The van der Waals surface area contributed by atoms with Crippen LogP contribution in [-0.4, -0.2) is 37.5 Å². The summed E-state index contributed by atoms with van der Waals surface area (Å²) in [5.74, 6) is 0.145. The number of hydrogen-bond donors (Lipinski definition) is 1. The van der Waals surface area contributed by atoms with Gasteiger partial charge in [-0.05, 0) is 44.2 Å². The van der Waals surface area contributed by atoms with Crippen LogP contribution in [0.4, 0.5) is 0 Å². The highest BCUT2D eigenvalue weighted by Crippen LogP contribution is 2.53. The lowest BCUT2D eigenvalue weighted by molar-refractivity contribution is -0.122. The van der Waals surface area contributed by atoms with Gasteiger partial charge in [-0.25, -0.2) is 0 Å². The Morgan fingerprint density at radius 3 is 2.38 bits per heavy atom. The number of hydrogen-bond acceptors (Lipinski definition) is 2. The van der Waals surface area contributed by atoms with Crippen LogP contribution in [0.25, 0.3) is 0 Å². The first-order valence-electron chi connectivity index (χ1n) is 5.17. The summed E-state index contributed by atoms with van der Waals surface area (Å²) in [4.78, 5) is 13.4. The maximum atomic E-state index is 11.1. The van der Waals surface area contributed by atoms with Crippen LogP contribution in [0, 0.1) is 5.41 Å². The summed E-state index contributed by atoms with van der Waals surface area (Å²) in [6.07, 6.45) is 5.48. The predicted molar refractivity (Wildman–Crippen MR) is 51.4 cm³/mol. The van der Waals surface area contributed by atoms with Gasteiger partial charge >= 0.3 is 0 Å². The molecule has 1 aliphatic heterocycles. The molecule has 1 N–H and O–H groups in total. The molecule has 0 aromatic carbocycles. The zero-order valence-corrected chi connectivity index (χ0v) is 8.31. The Morgan fingerprint density at radius 2 is 1.92 bits per heavy atom. The van der Waals surface area contributed by atoms with Gasteiger partial charge < -0.3 is 5.32 Å². The minimum absolute atomic E-state index is 0.145. The molecule has 1 heterocycles. The SMILES string of the molecule is CNC(=O)CN1CCC2(CC1)CC2. The zero-order valence-electron chi connectivity index (χ0n) is 8.31. The van der Waals surface area contributed by atoms with Gasteiger partial charge in [0.25, 0.3) is 0 Å². The zero-order chi connectivity index (χ0) is 9.31. The molecule has 0 unspecified atom stereocenters. The summed E-state index contributed by atoms with van der Waals surface area (Å²) >= 11 is 0. The smallest absolute Gasteiger partial charge is 0.233 e. The summed E-state index contributed by atoms with van der Waals surface area (Å²) in [7, 11) is 1.70. The van der Waals surface area contributed by atoms with Gasteiger partial charge in [0.15, 0.2) is 0 Å². The molecule has 2 rings (SSSR count). The van der Waals surface area contributed by atoms with Crippen LogP contribution in [0.1, 0.15) is 25.7 Å². The molecule has 1 saturated heterocycles. The number of rotatable bonds is 2. The van der Waals surface area contributed by atoms with Crippen molar-refractivity contribution in [1.82, 2.24) is 10.2 Å². The maximum Gasteiger partial charge on any atom is 0.233 e. The summed E-state index contributed by atoms with van der Waals surface area (Å²) in [6.45, 7) is 2.83. The first kappa shape index (κ1) is 9.00. The van der Waals surface area contributed by atoms with E-state index in [0.717, 1.165) is 18.5 Å². The Labute approximate surface area is 79.5 Å². The molecule has 74 valence electrons. The number of nitrogens with one attached hydrogen (secondary N) is 1. The molecular formula is C10H18N2O. The van der Waals surface area contributed by atoms with Gasteiger partial charge in [0.1, 0.15) is 0 Å². The van der Waals surface area contributed by atoms with E-state index in [2.05, 4.69) is 10.2 Å². The number of carbonyl (C=O) groups excluding carboxylic acids is 1. The number of likely N-dealkylation sites (tertiary alicyclic amines) is 1. The van der Waals surface area contributed by atoms with Crippen molar-refractivity contribution in [2.75, 3.05) is 26.7 Å². The predicted octanol–water partition coefficient (Wildman–Crippen LogP) is 0.608. The van der Waals surface area contributed by atoms with E-state index in [9.17, 15) is 4.79 Å². The number of amides is 1. The second kappa shape index (κ2) is 3.29. The van der Waals surface area contributed by atoms with Crippen LogP contribution in [0.5, 0.6) is 0 Å². The van der Waals surface area contributed by atoms with Crippen LogP contribution >= 0.6 is 0 Å². The first-order valence-corrected chi connectivity index (χ1v) is 5.17. The van der Waals surface area contributed by atoms with Crippen LogP contribution < -0.4 is 5.32 Å². The highest BCUT2D eigenvalue weighted by atomic mass is 16.1. The molecule has 1 spiro atoms. The monoisotopic (exact) mass is 182 g/mol. The van der Waals surface area contributed by atoms with E-state index in [1.54, 1.807) is 7.05 Å². The molecule has 0 atom stereocenters. The van der Waals surface area contributed by atoms with E-state index in [-0.39, 0.29) is 5.91 Å². The van der Waals surface area contributed by atoms with E-state index in [0.29, 0.717) is 6.54 Å². The quantitative estimate of drug-likeness (QED) is 0.678. The minimum atomic E-state index is 0.145. The van der Waals surface area contributed by atoms with Crippen molar-refractivity contribution in [1.29, 1.82) is 0 Å². The van der Waals surface area contributed by atoms with Gasteiger partial charge in [-0.2, -0.15) is 0 Å². The van der Waals surface area contributed by atoms with Crippen molar-refractivity contribution in [3.63, 3.8) is 0 Å². The second-order valence-corrected chi connectivity index (χ2v) is 4.45. The minimum Gasteiger partial charge on any atom is -0.358 e. The van der Waals surface area contributed by atoms with Crippen LogP contribution in [-0.2, 0) is 4.79 Å². The van der Waals surface area contributed by atoms with Gasteiger partial charge in [-0.3, -0.25) is 9.69 Å². The summed E-state index contributed by atoms with van der Waals surface area (Å²) in [5, 5.41) is 2.67. The molecule has 1 aliphatic carbocycles. The van der Waals surface area contributed by atoms with Crippen molar-refractivity contribution in [2.45, 2.75) is 25.7 Å². The second-order valence-electron chi connectivity index (χ2n) is 4.45. The summed E-state index contributed by atoms with van der Waals surface area (Å²) in [5.41, 5.74) is 0.721. The number of carbonyl (C=O) groups is 1. The van der Waals surface area contributed by atoms with Gasteiger partial charge in [0.2, 0.25) is 5.91 Å². The van der Waals surface area contributed by atoms with Crippen LogP contribution in [0.15, 0.2) is 0 Å². The Hall–Kier alpha value is -0.570.